The van der Waals surface area contributed by atoms with E-state index >= 15 is 0 Å². The summed E-state index contributed by atoms with van der Waals surface area (Å²) in [7, 11) is 0. The van der Waals surface area contributed by atoms with Crippen molar-refractivity contribution >= 4 is 55.0 Å². The van der Waals surface area contributed by atoms with Crippen molar-refractivity contribution in [3.05, 3.63) is 97.1 Å². The SMILES string of the molecule is c1ccc2c(NCC3CCN(c4c5ccccc5nc5ccccc45)CC3)c3ccccc3nc2c1. The number of aromatic nitrogens is 2. The number of pyridine rings is 2. The fourth-order valence-electron chi connectivity index (χ4n) is 5.80. The van der Waals surface area contributed by atoms with Gasteiger partial charge in [0.05, 0.1) is 33.4 Å². The average molecular weight is 469 g/mol. The lowest BCUT2D eigenvalue weighted by molar-refractivity contribution is 0.424. The summed E-state index contributed by atoms with van der Waals surface area (Å²) < 4.78 is 0. The zero-order chi connectivity index (χ0) is 23.9. The number of nitrogens with one attached hydrogen (secondary N) is 1. The minimum absolute atomic E-state index is 0.631. The van der Waals surface area contributed by atoms with Crippen LogP contribution in [0.2, 0.25) is 0 Å². The van der Waals surface area contributed by atoms with Crippen molar-refractivity contribution in [1.82, 2.24) is 9.97 Å². The molecule has 1 aliphatic heterocycles. The van der Waals surface area contributed by atoms with Gasteiger partial charge in [-0.15, -0.1) is 0 Å². The van der Waals surface area contributed by atoms with Crippen LogP contribution in [-0.4, -0.2) is 29.6 Å². The summed E-state index contributed by atoms with van der Waals surface area (Å²) in [6, 6.07) is 34.0. The first kappa shape index (κ1) is 21.1. The van der Waals surface area contributed by atoms with Crippen LogP contribution in [0.4, 0.5) is 11.4 Å². The molecule has 1 saturated heterocycles. The number of nitrogens with zero attached hydrogens (tertiary/aromatic N) is 3. The van der Waals surface area contributed by atoms with Crippen molar-refractivity contribution < 1.29 is 0 Å². The number of para-hydroxylation sites is 4. The first-order valence-electron chi connectivity index (χ1n) is 12.9. The first-order valence-corrected chi connectivity index (χ1v) is 12.9. The number of anilines is 2. The van der Waals surface area contributed by atoms with Crippen LogP contribution in [0.15, 0.2) is 97.1 Å². The molecule has 4 aromatic carbocycles. The van der Waals surface area contributed by atoms with Gasteiger partial charge in [0.2, 0.25) is 0 Å². The first-order chi connectivity index (χ1) is 17.8. The molecule has 2 aromatic heterocycles. The standard InChI is InChI=1S/C32H28N4/c1-5-13-27-23(9-1)31(24-10-2-6-14-28(24)34-27)33-21-22-17-19-36(20-18-22)32-25-11-3-7-15-29(25)35-30-16-8-4-12-26(30)32/h1-16,22H,17-21H2,(H,33,34). The molecule has 0 spiro atoms. The van der Waals surface area contributed by atoms with E-state index in [9.17, 15) is 0 Å². The number of hydrogen-bond donors (Lipinski definition) is 1. The molecule has 1 aliphatic rings. The minimum Gasteiger partial charge on any atom is -0.384 e. The van der Waals surface area contributed by atoms with Gasteiger partial charge in [0.25, 0.3) is 0 Å². The zero-order valence-corrected chi connectivity index (χ0v) is 20.2. The van der Waals surface area contributed by atoms with E-state index in [1.807, 2.05) is 0 Å². The quantitative estimate of drug-likeness (QED) is 0.273. The van der Waals surface area contributed by atoms with Crippen LogP contribution in [0, 0.1) is 5.92 Å². The molecule has 7 rings (SSSR count). The summed E-state index contributed by atoms with van der Waals surface area (Å²) in [6.45, 7) is 3.09. The number of fused-ring (bicyclic) bond motifs is 4. The van der Waals surface area contributed by atoms with E-state index in [-0.39, 0.29) is 0 Å². The van der Waals surface area contributed by atoms with Crippen LogP contribution in [0.1, 0.15) is 12.8 Å². The normalized spacial score (nSPS) is 14.7. The Balaban J connectivity index is 1.15. The second kappa shape index (κ2) is 8.80. The smallest absolute Gasteiger partial charge is 0.0730 e. The van der Waals surface area contributed by atoms with Crippen LogP contribution in [0.25, 0.3) is 43.6 Å². The van der Waals surface area contributed by atoms with Gasteiger partial charge in [0, 0.05) is 41.2 Å². The molecule has 0 aliphatic carbocycles. The van der Waals surface area contributed by atoms with E-state index in [2.05, 4.69) is 107 Å². The number of hydrogen-bond acceptors (Lipinski definition) is 4. The molecule has 4 nitrogen and oxygen atoms in total. The lowest BCUT2D eigenvalue weighted by atomic mass is 9.95. The molecule has 0 bridgehead atoms. The van der Waals surface area contributed by atoms with Crippen molar-refractivity contribution in [3.63, 3.8) is 0 Å². The van der Waals surface area contributed by atoms with Gasteiger partial charge in [-0.05, 0) is 43.0 Å². The average Bonchev–Trinajstić information content (AvgIpc) is 2.94. The van der Waals surface area contributed by atoms with Gasteiger partial charge in [-0.1, -0.05) is 72.8 Å². The van der Waals surface area contributed by atoms with Crippen LogP contribution >= 0.6 is 0 Å². The third-order valence-electron chi connectivity index (χ3n) is 7.65. The molecule has 0 amide bonds. The molecule has 0 atom stereocenters. The predicted molar refractivity (Wildman–Crippen MR) is 152 cm³/mol. The largest absolute Gasteiger partial charge is 0.384 e. The Morgan fingerprint density at radius 1 is 0.583 bits per heavy atom. The highest BCUT2D eigenvalue weighted by Crippen LogP contribution is 2.36. The molecule has 36 heavy (non-hydrogen) atoms. The molecule has 0 saturated carbocycles. The second-order valence-corrected chi connectivity index (χ2v) is 9.83. The fourth-order valence-corrected chi connectivity index (χ4v) is 5.80. The van der Waals surface area contributed by atoms with Crippen LogP contribution in [-0.2, 0) is 0 Å². The Labute approximate surface area is 210 Å². The summed E-state index contributed by atoms with van der Waals surface area (Å²) >= 11 is 0. The third-order valence-corrected chi connectivity index (χ3v) is 7.65. The van der Waals surface area contributed by atoms with Gasteiger partial charge >= 0.3 is 0 Å². The van der Waals surface area contributed by atoms with Crippen LogP contribution in [0.5, 0.6) is 0 Å². The number of piperidine rings is 1. The van der Waals surface area contributed by atoms with E-state index < -0.39 is 0 Å². The highest BCUT2D eigenvalue weighted by Gasteiger charge is 2.23. The van der Waals surface area contributed by atoms with Gasteiger partial charge in [0.1, 0.15) is 0 Å². The molecule has 176 valence electrons. The molecular weight excluding hydrogens is 440 g/mol. The maximum Gasteiger partial charge on any atom is 0.0730 e. The monoisotopic (exact) mass is 468 g/mol. The van der Waals surface area contributed by atoms with E-state index in [4.69, 9.17) is 9.97 Å². The van der Waals surface area contributed by atoms with Crippen LogP contribution < -0.4 is 10.2 Å². The molecule has 0 radical (unpaired) electrons. The van der Waals surface area contributed by atoms with E-state index in [1.165, 1.54) is 45.8 Å². The number of benzene rings is 4. The summed E-state index contributed by atoms with van der Waals surface area (Å²) in [5.41, 5.74) is 6.80. The molecular formula is C32H28N4. The van der Waals surface area contributed by atoms with Crippen molar-refractivity contribution in [2.24, 2.45) is 5.92 Å². The third kappa shape index (κ3) is 3.61. The van der Waals surface area contributed by atoms with E-state index in [0.29, 0.717) is 5.92 Å². The van der Waals surface area contributed by atoms with Gasteiger partial charge in [0.15, 0.2) is 0 Å². The highest BCUT2D eigenvalue weighted by atomic mass is 15.1. The van der Waals surface area contributed by atoms with Crippen LogP contribution in [0.3, 0.4) is 0 Å². The van der Waals surface area contributed by atoms with Crippen molar-refractivity contribution in [1.29, 1.82) is 0 Å². The van der Waals surface area contributed by atoms with Gasteiger partial charge in [-0.25, -0.2) is 9.97 Å². The lowest BCUT2D eigenvalue weighted by Gasteiger charge is -2.35. The zero-order valence-electron chi connectivity index (χ0n) is 20.2. The molecule has 3 heterocycles. The molecule has 4 heteroatoms. The Hall–Kier alpha value is -4.18. The van der Waals surface area contributed by atoms with Crippen molar-refractivity contribution in [2.45, 2.75) is 12.8 Å². The summed E-state index contributed by atoms with van der Waals surface area (Å²) in [5, 5.41) is 8.75. The van der Waals surface area contributed by atoms with Crippen molar-refractivity contribution in [3.8, 4) is 0 Å². The Kier molecular flexibility index (Phi) is 5.16. The molecule has 1 N–H and O–H groups in total. The Morgan fingerprint density at radius 2 is 1.00 bits per heavy atom. The maximum atomic E-state index is 4.92. The molecule has 0 unspecified atom stereocenters. The summed E-state index contributed by atoms with van der Waals surface area (Å²) in [4.78, 5) is 12.4. The fraction of sp³-hybridized carbons (Fsp3) is 0.188. The Bertz CT molecular complexity index is 1610. The molecule has 6 aromatic rings. The highest BCUT2D eigenvalue weighted by molar-refractivity contribution is 6.08. The lowest BCUT2D eigenvalue weighted by Crippen LogP contribution is -2.36. The number of rotatable bonds is 4. The summed E-state index contributed by atoms with van der Waals surface area (Å²) in [5.74, 6) is 0.631. The van der Waals surface area contributed by atoms with E-state index in [1.54, 1.807) is 0 Å². The van der Waals surface area contributed by atoms with Gasteiger partial charge in [-0.3, -0.25) is 0 Å². The second-order valence-electron chi connectivity index (χ2n) is 9.83. The van der Waals surface area contributed by atoms with Gasteiger partial charge in [-0.2, -0.15) is 0 Å². The predicted octanol–water partition coefficient (Wildman–Crippen LogP) is 7.42. The maximum absolute atomic E-state index is 4.92. The minimum atomic E-state index is 0.631. The topological polar surface area (TPSA) is 41.0 Å². The van der Waals surface area contributed by atoms with Gasteiger partial charge < -0.3 is 10.2 Å². The van der Waals surface area contributed by atoms with E-state index in [0.717, 1.165) is 41.7 Å². The Morgan fingerprint density at radius 3 is 1.50 bits per heavy atom. The molecule has 1 fully saturated rings. The summed E-state index contributed by atoms with van der Waals surface area (Å²) in [6.07, 6.45) is 2.33. The van der Waals surface area contributed by atoms with Crippen molar-refractivity contribution in [2.75, 3.05) is 29.9 Å².